The van der Waals surface area contributed by atoms with Gasteiger partial charge in [-0.3, -0.25) is 4.79 Å². The second kappa shape index (κ2) is 6.00. The lowest BCUT2D eigenvalue weighted by molar-refractivity contribution is -0.132. The van der Waals surface area contributed by atoms with Crippen LogP contribution >= 0.6 is 0 Å². The first kappa shape index (κ1) is 14.0. The minimum absolute atomic E-state index is 0.159. The van der Waals surface area contributed by atoms with Crippen molar-refractivity contribution in [3.8, 4) is 0 Å². The number of carbonyl (C=O) groups is 2. The van der Waals surface area contributed by atoms with Gasteiger partial charge in [-0.1, -0.05) is 37.3 Å². The summed E-state index contributed by atoms with van der Waals surface area (Å²) < 4.78 is 0. The average Bonchev–Trinajstić information content (AvgIpc) is 2.35. The largest absolute Gasteiger partial charge is 0.477 e. The predicted molar refractivity (Wildman–Crippen MR) is 69.4 cm³/mol. The van der Waals surface area contributed by atoms with Crippen molar-refractivity contribution in [2.24, 2.45) is 0 Å². The third-order valence-electron chi connectivity index (χ3n) is 2.64. The van der Waals surface area contributed by atoms with Crippen molar-refractivity contribution in [2.75, 3.05) is 14.1 Å². The zero-order chi connectivity index (χ0) is 13.7. The van der Waals surface area contributed by atoms with Crippen LogP contribution in [0.2, 0.25) is 0 Å². The van der Waals surface area contributed by atoms with Crippen LogP contribution in [0.1, 0.15) is 23.7 Å². The average molecular weight is 247 g/mol. The van der Waals surface area contributed by atoms with Crippen molar-refractivity contribution in [1.82, 2.24) is 4.90 Å². The minimum Gasteiger partial charge on any atom is -0.477 e. The summed E-state index contributed by atoms with van der Waals surface area (Å²) >= 11 is 0. The van der Waals surface area contributed by atoms with Gasteiger partial charge >= 0.3 is 5.97 Å². The molecule has 0 fully saturated rings. The molecule has 0 aromatic heterocycles. The molecule has 0 saturated carbocycles. The molecule has 4 nitrogen and oxygen atoms in total. The fourth-order valence-corrected chi connectivity index (χ4v) is 1.80. The Morgan fingerprint density at radius 1 is 1.17 bits per heavy atom. The van der Waals surface area contributed by atoms with Crippen molar-refractivity contribution in [3.63, 3.8) is 0 Å². The molecule has 0 spiro atoms. The molecule has 1 aromatic rings. The SMILES string of the molecule is CCC(=C(C(=O)O)C(=O)c1ccccc1)N(C)C. The van der Waals surface area contributed by atoms with E-state index in [1.54, 1.807) is 49.3 Å². The monoisotopic (exact) mass is 247 g/mol. The number of Topliss-reactive ketones (excluding diaryl/α,β-unsaturated/α-hetero) is 1. The summed E-state index contributed by atoms with van der Waals surface area (Å²) in [6.45, 7) is 1.83. The van der Waals surface area contributed by atoms with E-state index < -0.39 is 11.8 Å². The second-order valence-electron chi connectivity index (χ2n) is 4.07. The first-order valence-corrected chi connectivity index (χ1v) is 5.72. The number of hydrogen-bond acceptors (Lipinski definition) is 3. The summed E-state index contributed by atoms with van der Waals surface area (Å²) in [5.41, 5.74) is 0.757. The molecule has 0 atom stereocenters. The maximum atomic E-state index is 12.2. The molecule has 96 valence electrons. The zero-order valence-corrected chi connectivity index (χ0v) is 10.8. The lowest BCUT2D eigenvalue weighted by Crippen LogP contribution is -2.22. The van der Waals surface area contributed by atoms with Crippen molar-refractivity contribution >= 4 is 11.8 Å². The van der Waals surface area contributed by atoms with E-state index in [1.807, 2.05) is 6.92 Å². The molecule has 0 bridgehead atoms. The fraction of sp³-hybridized carbons (Fsp3) is 0.286. The quantitative estimate of drug-likeness (QED) is 0.375. The number of carboxylic acid groups (broad SMARTS) is 1. The van der Waals surface area contributed by atoms with E-state index in [9.17, 15) is 14.7 Å². The molecule has 0 amide bonds. The normalized spacial score (nSPS) is 11.7. The topological polar surface area (TPSA) is 57.6 Å². The highest BCUT2D eigenvalue weighted by molar-refractivity contribution is 6.24. The van der Waals surface area contributed by atoms with E-state index in [4.69, 9.17) is 0 Å². The molecule has 4 heteroatoms. The third kappa shape index (κ3) is 2.97. The molecular weight excluding hydrogens is 230 g/mol. The summed E-state index contributed by atoms with van der Waals surface area (Å²) in [4.78, 5) is 25.2. The number of rotatable bonds is 5. The van der Waals surface area contributed by atoms with Crippen molar-refractivity contribution in [2.45, 2.75) is 13.3 Å². The molecule has 0 heterocycles. The second-order valence-corrected chi connectivity index (χ2v) is 4.07. The molecule has 1 rings (SSSR count). The highest BCUT2D eigenvalue weighted by Crippen LogP contribution is 2.17. The number of hydrogen-bond donors (Lipinski definition) is 1. The number of ketones is 1. The first-order valence-electron chi connectivity index (χ1n) is 5.72. The van der Waals surface area contributed by atoms with Gasteiger partial charge in [-0.15, -0.1) is 0 Å². The number of nitrogens with zero attached hydrogens (tertiary/aromatic N) is 1. The van der Waals surface area contributed by atoms with Gasteiger partial charge in [0.25, 0.3) is 0 Å². The van der Waals surface area contributed by atoms with Gasteiger partial charge in [0.15, 0.2) is 0 Å². The fourth-order valence-electron chi connectivity index (χ4n) is 1.80. The summed E-state index contributed by atoms with van der Waals surface area (Å²) in [6.07, 6.45) is 0.493. The van der Waals surface area contributed by atoms with Gasteiger partial charge in [0.2, 0.25) is 5.78 Å². The lowest BCUT2D eigenvalue weighted by Gasteiger charge is -2.18. The Hall–Kier alpha value is -2.10. The van der Waals surface area contributed by atoms with E-state index in [1.165, 1.54) is 0 Å². The summed E-state index contributed by atoms with van der Waals surface area (Å²) in [6, 6.07) is 8.46. The van der Waals surface area contributed by atoms with Gasteiger partial charge in [0, 0.05) is 25.4 Å². The van der Waals surface area contributed by atoms with E-state index in [2.05, 4.69) is 0 Å². The number of benzene rings is 1. The summed E-state index contributed by atoms with van der Waals surface area (Å²) in [5, 5.41) is 9.25. The highest BCUT2D eigenvalue weighted by atomic mass is 16.4. The molecule has 0 unspecified atom stereocenters. The number of carboxylic acids is 1. The third-order valence-corrected chi connectivity index (χ3v) is 2.64. The Kier molecular flexibility index (Phi) is 4.66. The first-order chi connectivity index (χ1) is 8.49. The van der Waals surface area contributed by atoms with Crippen LogP contribution in [0.5, 0.6) is 0 Å². The van der Waals surface area contributed by atoms with Crippen LogP contribution in [0.15, 0.2) is 41.6 Å². The zero-order valence-electron chi connectivity index (χ0n) is 10.8. The van der Waals surface area contributed by atoms with Gasteiger partial charge < -0.3 is 10.0 Å². The Balaban J connectivity index is 3.31. The van der Waals surface area contributed by atoms with E-state index in [-0.39, 0.29) is 5.57 Å². The Labute approximate surface area is 107 Å². The van der Waals surface area contributed by atoms with Crippen molar-refractivity contribution in [3.05, 3.63) is 47.2 Å². The minimum atomic E-state index is -1.19. The van der Waals surface area contributed by atoms with Gasteiger partial charge in [-0.25, -0.2) is 4.79 Å². The molecule has 0 aliphatic heterocycles. The van der Waals surface area contributed by atoms with Gasteiger partial charge in [0.05, 0.1) is 0 Å². The Morgan fingerprint density at radius 3 is 2.11 bits per heavy atom. The lowest BCUT2D eigenvalue weighted by atomic mass is 10.0. The molecule has 1 N–H and O–H groups in total. The molecule has 0 aliphatic carbocycles. The summed E-state index contributed by atoms with van der Waals surface area (Å²) in [7, 11) is 3.47. The smallest absolute Gasteiger partial charge is 0.341 e. The van der Waals surface area contributed by atoms with Crippen LogP contribution < -0.4 is 0 Å². The van der Waals surface area contributed by atoms with Gasteiger partial charge in [0.1, 0.15) is 5.57 Å². The number of aliphatic carboxylic acids is 1. The predicted octanol–water partition coefficient (Wildman–Crippen LogP) is 2.18. The van der Waals surface area contributed by atoms with Crippen LogP contribution in [0.3, 0.4) is 0 Å². The standard InChI is InChI=1S/C14H17NO3/c1-4-11(15(2)3)12(14(17)18)13(16)10-8-6-5-7-9-10/h5-9H,4H2,1-3H3,(H,17,18). The molecule has 0 aliphatic rings. The Bertz CT molecular complexity index is 475. The molecule has 1 aromatic carbocycles. The van der Waals surface area contributed by atoms with Gasteiger partial charge in [-0.05, 0) is 6.42 Å². The van der Waals surface area contributed by atoms with Crippen LogP contribution in [0, 0.1) is 0 Å². The summed E-state index contributed by atoms with van der Waals surface area (Å²) in [5.74, 6) is -1.64. The number of allylic oxidation sites excluding steroid dienone is 1. The van der Waals surface area contributed by atoms with E-state index in [0.29, 0.717) is 17.7 Å². The van der Waals surface area contributed by atoms with E-state index in [0.717, 1.165) is 0 Å². The molecule has 18 heavy (non-hydrogen) atoms. The number of carbonyl (C=O) groups excluding carboxylic acids is 1. The maximum Gasteiger partial charge on any atom is 0.341 e. The molecular formula is C14H17NO3. The Morgan fingerprint density at radius 2 is 1.72 bits per heavy atom. The molecule has 0 radical (unpaired) electrons. The van der Waals surface area contributed by atoms with Crippen LogP contribution in [0.25, 0.3) is 0 Å². The van der Waals surface area contributed by atoms with Crippen molar-refractivity contribution in [1.29, 1.82) is 0 Å². The van der Waals surface area contributed by atoms with Crippen LogP contribution in [0.4, 0.5) is 0 Å². The molecule has 0 saturated heterocycles. The highest BCUT2D eigenvalue weighted by Gasteiger charge is 2.23. The van der Waals surface area contributed by atoms with Gasteiger partial charge in [-0.2, -0.15) is 0 Å². The van der Waals surface area contributed by atoms with Crippen molar-refractivity contribution < 1.29 is 14.7 Å². The van der Waals surface area contributed by atoms with E-state index >= 15 is 0 Å². The van der Waals surface area contributed by atoms with Crippen LogP contribution in [-0.2, 0) is 4.79 Å². The van der Waals surface area contributed by atoms with Crippen LogP contribution in [-0.4, -0.2) is 35.9 Å². The maximum absolute atomic E-state index is 12.2.